The smallest absolute Gasteiger partial charge is 0.187 e. The number of carbonyl (C=O) groups excluding carboxylic acids is 1. The van der Waals surface area contributed by atoms with Gasteiger partial charge in [-0.05, 0) is 45.2 Å². The van der Waals surface area contributed by atoms with Gasteiger partial charge < -0.3 is 9.47 Å². The molecule has 28 heavy (non-hydrogen) atoms. The number of ether oxygens (including phenoxy) is 2. The summed E-state index contributed by atoms with van der Waals surface area (Å²) in [5, 5.41) is 0. The van der Waals surface area contributed by atoms with Gasteiger partial charge in [0.05, 0.1) is 13.2 Å². The van der Waals surface area contributed by atoms with Gasteiger partial charge in [0.15, 0.2) is 5.78 Å². The van der Waals surface area contributed by atoms with Gasteiger partial charge in [0.2, 0.25) is 0 Å². The lowest BCUT2D eigenvalue weighted by molar-refractivity contribution is -0.113. The molecule has 1 aliphatic rings. The lowest BCUT2D eigenvalue weighted by Gasteiger charge is -2.26. The first-order valence-corrected chi connectivity index (χ1v) is 9.70. The van der Waals surface area contributed by atoms with E-state index < -0.39 is 0 Å². The van der Waals surface area contributed by atoms with Gasteiger partial charge in [-0.1, -0.05) is 36.4 Å². The third kappa shape index (κ3) is 4.70. The van der Waals surface area contributed by atoms with Crippen molar-refractivity contribution in [3.8, 4) is 11.5 Å². The van der Waals surface area contributed by atoms with Crippen molar-refractivity contribution in [2.24, 2.45) is 0 Å². The summed E-state index contributed by atoms with van der Waals surface area (Å²) in [6.07, 6.45) is 3.90. The van der Waals surface area contributed by atoms with Crippen molar-refractivity contribution < 1.29 is 14.3 Å². The number of rotatable bonds is 6. The number of nitrogens with zero attached hydrogens (tertiary/aromatic N) is 1. The van der Waals surface area contributed by atoms with Gasteiger partial charge in [-0.15, -0.1) is 0 Å². The minimum Gasteiger partial charge on any atom is -0.493 e. The van der Waals surface area contributed by atoms with Crippen molar-refractivity contribution >= 4 is 17.9 Å². The maximum atomic E-state index is 13.2. The summed E-state index contributed by atoms with van der Waals surface area (Å²) < 4.78 is 11.4. The molecule has 0 unspecified atom stereocenters. The second-order valence-corrected chi connectivity index (χ2v) is 6.78. The van der Waals surface area contributed by atoms with E-state index in [9.17, 15) is 4.79 Å². The van der Waals surface area contributed by atoms with E-state index in [0.717, 1.165) is 33.8 Å². The monoisotopic (exact) mass is 377 g/mol. The predicted octanol–water partition coefficient (Wildman–Crippen LogP) is 4.47. The second-order valence-electron chi connectivity index (χ2n) is 6.78. The number of likely N-dealkylation sites (N-methyl/N-ethyl adjacent to an activating group) is 1. The highest BCUT2D eigenvalue weighted by molar-refractivity contribution is 6.14. The number of hydrogen-bond donors (Lipinski definition) is 0. The van der Waals surface area contributed by atoms with Gasteiger partial charge in [-0.3, -0.25) is 9.69 Å². The lowest BCUT2D eigenvalue weighted by atomic mass is 9.94. The third-order valence-corrected chi connectivity index (χ3v) is 4.56. The van der Waals surface area contributed by atoms with E-state index in [0.29, 0.717) is 26.3 Å². The Balaban J connectivity index is 1.96. The van der Waals surface area contributed by atoms with Crippen molar-refractivity contribution in [3.63, 3.8) is 0 Å². The van der Waals surface area contributed by atoms with Gasteiger partial charge in [0, 0.05) is 35.4 Å². The molecular weight excluding hydrogens is 350 g/mol. The maximum Gasteiger partial charge on any atom is 0.187 e. The molecule has 0 aliphatic carbocycles. The van der Waals surface area contributed by atoms with Crippen LogP contribution in [0.15, 0.2) is 59.7 Å². The van der Waals surface area contributed by atoms with Crippen molar-refractivity contribution in [1.82, 2.24) is 4.90 Å². The molecule has 2 aromatic carbocycles. The average molecular weight is 377 g/mol. The molecule has 4 nitrogen and oxygen atoms in total. The standard InChI is InChI=1S/C24H27NO3/c1-4-27-22-12-8-6-10-18(22)14-20-16-25(3)17-21(24(20)26)15-19-11-7-9-13-23(19)28-5-2/h6-15H,4-5,16-17H2,1-3H3/b20-14+,21-15+. The summed E-state index contributed by atoms with van der Waals surface area (Å²) in [6, 6.07) is 15.6. The van der Waals surface area contributed by atoms with E-state index >= 15 is 0 Å². The molecule has 1 heterocycles. The van der Waals surface area contributed by atoms with Gasteiger partial charge in [0.25, 0.3) is 0 Å². The van der Waals surface area contributed by atoms with Crippen LogP contribution in [0.3, 0.4) is 0 Å². The number of Topliss-reactive ketones (excluding diaryl/α,β-unsaturated/α-hetero) is 1. The molecule has 0 amide bonds. The highest BCUT2D eigenvalue weighted by atomic mass is 16.5. The van der Waals surface area contributed by atoms with Crippen LogP contribution in [0.4, 0.5) is 0 Å². The van der Waals surface area contributed by atoms with Crippen LogP contribution in [0.5, 0.6) is 11.5 Å². The fourth-order valence-corrected chi connectivity index (χ4v) is 3.36. The number of piperidine rings is 1. The molecule has 1 aliphatic heterocycles. The normalized spacial score (nSPS) is 17.9. The Kier molecular flexibility index (Phi) is 6.66. The van der Waals surface area contributed by atoms with E-state index in [4.69, 9.17) is 9.47 Å². The molecule has 0 saturated carbocycles. The van der Waals surface area contributed by atoms with Crippen LogP contribution in [-0.4, -0.2) is 44.0 Å². The summed E-state index contributed by atoms with van der Waals surface area (Å²) in [5.41, 5.74) is 3.39. The topological polar surface area (TPSA) is 38.8 Å². The van der Waals surface area contributed by atoms with Crippen LogP contribution >= 0.6 is 0 Å². The Morgan fingerprint density at radius 3 is 1.68 bits per heavy atom. The van der Waals surface area contributed by atoms with Gasteiger partial charge in [-0.2, -0.15) is 0 Å². The molecule has 2 aromatic rings. The number of benzene rings is 2. The van der Waals surface area contributed by atoms with E-state index in [1.165, 1.54) is 0 Å². The third-order valence-electron chi connectivity index (χ3n) is 4.56. The molecule has 0 spiro atoms. The minimum absolute atomic E-state index is 0.0794. The van der Waals surface area contributed by atoms with Crippen molar-refractivity contribution in [3.05, 3.63) is 70.8 Å². The SMILES string of the molecule is CCOc1ccccc1/C=C1\CN(C)C/C(=C\c2ccccc2OCC)C1=O. The molecule has 1 fully saturated rings. The summed E-state index contributed by atoms with van der Waals surface area (Å²) in [7, 11) is 2.02. The zero-order valence-electron chi connectivity index (χ0n) is 16.8. The number of carbonyl (C=O) groups is 1. The first kappa shape index (κ1) is 19.9. The van der Waals surface area contributed by atoms with Crippen molar-refractivity contribution in [1.29, 1.82) is 0 Å². The average Bonchev–Trinajstić information content (AvgIpc) is 2.69. The van der Waals surface area contributed by atoms with Crippen molar-refractivity contribution in [2.75, 3.05) is 33.4 Å². The Morgan fingerprint density at radius 2 is 1.25 bits per heavy atom. The quantitative estimate of drug-likeness (QED) is 0.697. The molecule has 0 aromatic heterocycles. The lowest BCUT2D eigenvalue weighted by Crippen LogP contribution is -2.34. The van der Waals surface area contributed by atoms with E-state index in [2.05, 4.69) is 4.90 Å². The zero-order valence-corrected chi connectivity index (χ0v) is 16.8. The first-order chi connectivity index (χ1) is 13.6. The molecular formula is C24H27NO3. The van der Waals surface area contributed by atoms with E-state index in [-0.39, 0.29) is 5.78 Å². The molecule has 0 bridgehead atoms. The molecule has 4 heteroatoms. The van der Waals surface area contributed by atoms with E-state index in [1.807, 2.05) is 81.6 Å². The number of para-hydroxylation sites is 2. The summed E-state index contributed by atoms with van der Waals surface area (Å²) in [4.78, 5) is 15.3. The van der Waals surface area contributed by atoms with Crippen LogP contribution in [0.2, 0.25) is 0 Å². The minimum atomic E-state index is 0.0794. The summed E-state index contributed by atoms with van der Waals surface area (Å²) >= 11 is 0. The van der Waals surface area contributed by atoms with Crippen LogP contribution < -0.4 is 9.47 Å². The van der Waals surface area contributed by atoms with Crippen LogP contribution in [-0.2, 0) is 4.79 Å². The molecule has 1 saturated heterocycles. The summed E-state index contributed by atoms with van der Waals surface area (Å²) in [6.45, 7) is 6.33. The number of ketones is 1. The predicted molar refractivity (Wildman–Crippen MR) is 114 cm³/mol. The Morgan fingerprint density at radius 1 is 0.821 bits per heavy atom. The van der Waals surface area contributed by atoms with Crippen LogP contribution in [0.25, 0.3) is 12.2 Å². The first-order valence-electron chi connectivity index (χ1n) is 9.70. The van der Waals surface area contributed by atoms with Gasteiger partial charge >= 0.3 is 0 Å². The summed E-state index contributed by atoms with van der Waals surface area (Å²) in [5.74, 6) is 1.67. The molecule has 146 valence electrons. The van der Waals surface area contributed by atoms with Crippen LogP contribution in [0, 0.1) is 0 Å². The number of hydrogen-bond acceptors (Lipinski definition) is 4. The Labute approximate surface area is 167 Å². The fourth-order valence-electron chi connectivity index (χ4n) is 3.36. The highest BCUT2D eigenvalue weighted by Crippen LogP contribution is 2.27. The zero-order chi connectivity index (χ0) is 19.9. The number of likely N-dealkylation sites (tertiary alicyclic amines) is 1. The van der Waals surface area contributed by atoms with Gasteiger partial charge in [-0.25, -0.2) is 0 Å². The van der Waals surface area contributed by atoms with E-state index in [1.54, 1.807) is 0 Å². The Hall–Kier alpha value is -2.85. The molecule has 3 rings (SSSR count). The molecule has 0 radical (unpaired) electrons. The fraction of sp³-hybridized carbons (Fsp3) is 0.292. The van der Waals surface area contributed by atoms with Gasteiger partial charge in [0.1, 0.15) is 11.5 Å². The maximum absolute atomic E-state index is 13.2. The highest BCUT2D eigenvalue weighted by Gasteiger charge is 2.24. The van der Waals surface area contributed by atoms with Crippen molar-refractivity contribution in [2.45, 2.75) is 13.8 Å². The van der Waals surface area contributed by atoms with Crippen LogP contribution in [0.1, 0.15) is 25.0 Å². The molecule has 0 N–H and O–H groups in total. The largest absolute Gasteiger partial charge is 0.493 e. The Bertz CT molecular complexity index is 827. The molecule has 0 atom stereocenters. The second kappa shape index (κ2) is 9.38.